The van der Waals surface area contributed by atoms with Gasteiger partial charge in [-0.15, -0.1) is 0 Å². The van der Waals surface area contributed by atoms with Crippen LogP contribution in [-0.4, -0.2) is 17.5 Å². The molecule has 1 spiro atoms. The first-order valence-electron chi connectivity index (χ1n) is 5.96. The van der Waals surface area contributed by atoms with Crippen LogP contribution in [0.3, 0.4) is 0 Å². The smallest absolute Gasteiger partial charge is 0.197 e. The van der Waals surface area contributed by atoms with Crippen molar-refractivity contribution in [1.82, 2.24) is 0 Å². The molecule has 0 bridgehead atoms. The van der Waals surface area contributed by atoms with Crippen LogP contribution in [0, 0.1) is 5.92 Å². The minimum Gasteiger partial charge on any atom is -0.357 e. The third-order valence-corrected chi connectivity index (χ3v) is 3.76. The van der Waals surface area contributed by atoms with Gasteiger partial charge >= 0.3 is 0 Å². The number of hydrogen-bond acceptors (Lipinski definition) is 2. The quantitative estimate of drug-likeness (QED) is 0.675. The van der Waals surface area contributed by atoms with Crippen LogP contribution in [0.5, 0.6) is 0 Å². The summed E-state index contributed by atoms with van der Waals surface area (Å²) in [6.07, 6.45) is 1.95. The second kappa shape index (κ2) is 3.17. The Balaban J connectivity index is 1.97. The molecule has 2 nitrogen and oxygen atoms in total. The minimum absolute atomic E-state index is 0.133. The average Bonchev–Trinajstić information content (AvgIpc) is 3.01. The van der Waals surface area contributed by atoms with Gasteiger partial charge in [0.25, 0.3) is 0 Å². The first kappa shape index (κ1) is 10.0. The summed E-state index contributed by atoms with van der Waals surface area (Å²) in [6, 6.07) is 7.91. The molecule has 1 fully saturated rings. The molecule has 1 heterocycles. The van der Waals surface area contributed by atoms with E-state index in [4.69, 9.17) is 4.74 Å². The van der Waals surface area contributed by atoms with Gasteiger partial charge in [-0.1, -0.05) is 38.1 Å². The summed E-state index contributed by atoms with van der Waals surface area (Å²) in [5.41, 5.74) is 1.58. The van der Waals surface area contributed by atoms with Gasteiger partial charge in [0.05, 0.1) is 6.10 Å². The SMILES string of the molecule is CC(C)[C@H]1O[C@]12CCc1ccccc1C2=O. The zero-order valence-corrected chi connectivity index (χ0v) is 9.69. The maximum atomic E-state index is 12.4. The Morgan fingerprint density at radius 1 is 1.38 bits per heavy atom. The molecule has 16 heavy (non-hydrogen) atoms. The standard InChI is InChI=1S/C14H16O2/c1-9(2)13-14(16-13)8-7-10-5-3-4-6-11(10)12(14)15/h3-6,9,13H,7-8H2,1-2H3/t13-,14+/m1/s1. The van der Waals surface area contributed by atoms with Crippen LogP contribution in [0.15, 0.2) is 24.3 Å². The maximum Gasteiger partial charge on any atom is 0.197 e. The number of ether oxygens (including phenoxy) is 1. The number of ketones is 1. The van der Waals surface area contributed by atoms with Gasteiger partial charge in [0, 0.05) is 5.56 Å². The number of carbonyl (C=O) groups excluding carboxylic acids is 1. The van der Waals surface area contributed by atoms with Crippen molar-refractivity contribution in [2.45, 2.75) is 38.4 Å². The summed E-state index contributed by atoms with van der Waals surface area (Å²) in [4.78, 5) is 12.4. The van der Waals surface area contributed by atoms with Crippen LogP contribution in [0.2, 0.25) is 0 Å². The largest absolute Gasteiger partial charge is 0.357 e. The fourth-order valence-electron chi connectivity index (χ4n) is 2.87. The van der Waals surface area contributed by atoms with Crippen LogP contribution in [0.4, 0.5) is 0 Å². The van der Waals surface area contributed by atoms with Crippen LogP contribution in [0.25, 0.3) is 0 Å². The maximum absolute atomic E-state index is 12.4. The van der Waals surface area contributed by atoms with Crippen molar-refractivity contribution in [3.8, 4) is 0 Å². The fourth-order valence-corrected chi connectivity index (χ4v) is 2.87. The Morgan fingerprint density at radius 2 is 2.12 bits per heavy atom. The average molecular weight is 216 g/mol. The number of Topliss-reactive ketones (excluding diaryl/α,β-unsaturated/α-hetero) is 1. The van der Waals surface area contributed by atoms with Crippen molar-refractivity contribution in [1.29, 1.82) is 0 Å². The Bertz CT molecular complexity index is 450. The number of fused-ring (bicyclic) bond motifs is 1. The predicted octanol–water partition coefficient (Wildman–Crippen LogP) is 2.61. The number of benzene rings is 1. The van der Waals surface area contributed by atoms with Crippen molar-refractivity contribution in [2.75, 3.05) is 0 Å². The number of hydrogen-bond donors (Lipinski definition) is 0. The lowest BCUT2D eigenvalue weighted by molar-refractivity contribution is 0.0850. The molecular formula is C14H16O2. The van der Waals surface area contributed by atoms with E-state index < -0.39 is 5.60 Å². The molecule has 0 radical (unpaired) electrons. The number of aryl methyl sites for hydroxylation is 1. The van der Waals surface area contributed by atoms with Crippen LogP contribution in [-0.2, 0) is 11.2 Å². The third kappa shape index (κ3) is 1.20. The molecule has 2 heteroatoms. The van der Waals surface area contributed by atoms with Crippen molar-refractivity contribution in [2.24, 2.45) is 5.92 Å². The number of epoxide rings is 1. The molecule has 3 rings (SSSR count). The van der Waals surface area contributed by atoms with Crippen LogP contribution in [0.1, 0.15) is 36.2 Å². The van der Waals surface area contributed by atoms with E-state index in [1.165, 1.54) is 5.56 Å². The third-order valence-electron chi connectivity index (χ3n) is 3.76. The Morgan fingerprint density at radius 3 is 2.81 bits per heavy atom. The van der Waals surface area contributed by atoms with Gasteiger partial charge in [-0.2, -0.15) is 0 Å². The molecule has 2 atom stereocenters. The van der Waals surface area contributed by atoms with E-state index in [1.807, 2.05) is 24.3 Å². The molecule has 2 aliphatic rings. The predicted molar refractivity (Wildman–Crippen MR) is 61.5 cm³/mol. The van der Waals surface area contributed by atoms with Crippen molar-refractivity contribution >= 4 is 5.78 Å². The molecule has 0 saturated carbocycles. The topological polar surface area (TPSA) is 29.6 Å². The molecule has 1 aromatic rings. The normalized spacial score (nSPS) is 31.9. The second-order valence-corrected chi connectivity index (χ2v) is 5.16. The Labute approximate surface area is 95.6 Å². The molecule has 1 saturated heterocycles. The first-order chi connectivity index (χ1) is 7.65. The van der Waals surface area contributed by atoms with E-state index in [2.05, 4.69) is 13.8 Å². The molecule has 0 amide bonds. The van der Waals surface area contributed by atoms with Crippen LogP contribution < -0.4 is 0 Å². The first-order valence-corrected chi connectivity index (χ1v) is 5.96. The summed E-state index contributed by atoms with van der Waals surface area (Å²) >= 11 is 0. The van der Waals surface area contributed by atoms with Gasteiger partial charge in [0.15, 0.2) is 11.4 Å². The molecular weight excluding hydrogens is 200 g/mol. The monoisotopic (exact) mass is 216 g/mol. The van der Waals surface area contributed by atoms with E-state index >= 15 is 0 Å². The van der Waals surface area contributed by atoms with E-state index in [0.29, 0.717) is 5.92 Å². The van der Waals surface area contributed by atoms with E-state index in [-0.39, 0.29) is 11.9 Å². The zero-order chi connectivity index (χ0) is 11.3. The van der Waals surface area contributed by atoms with Gasteiger partial charge in [-0.25, -0.2) is 0 Å². The number of carbonyl (C=O) groups is 1. The molecule has 0 unspecified atom stereocenters. The lowest BCUT2D eigenvalue weighted by atomic mass is 9.78. The lowest BCUT2D eigenvalue weighted by Crippen LogP contribution is -2.34. The minimum atomic E-state index is -0.470. The van der Waals surface area contributed by atoms with E-state index in [0.717, 1.165) is 18.4 Å². The van der Waals surface area contributed by atoms with Crippen LogP contribution >= 0.6 is 0 Å². The summed E-state index contributed by atoms with van der Waals surface area (Å²) in [5.74, 6) is 0.627. The highest BCUT2D eigenvalue weighted by molar-refractivity contribution is 6.06. The van der Waals surface area contributed by atoms with Crippen molar-refractivity contribution in [3.63, 3.8) is 0 Å². The van der Waals surface area contributed by atoms with Gasteiger partial charge in [0.2, 0.25) is 0 Å². The molecule has 0 aromatic heterocycles. The fraction of sp³-hybridized carbons (Fsp3) is 0.500. The summed E-state index contributed by atoms with van der Waals surface area (Å²) in [7, 11) is 0. The zero-order valence-electron chi connectivity index (χ0n) is 9.69. The highest BCUT2D eigenvalue weighted by Crippen LogP contribution is 2.49. The molecule has 84 valence electrons. The Hall–Kier alpha value is -1.15. The van der Waals surface area contributed by atoms with Gasteiger partial charge in [0.1, 0.15) is 0 Å². The molecule has 1 aliphatic heterocycles. The van der Waals surface area contributed by atoms with Gasteiger partial charge < -0.3 is 4.74 Å². The van der Waals surface area contributed by atoms with E-state index in [9.17, 15) is 4.79 Å². The summed E-state index contributed by atoms with van der Waals surface area (Å²) in [5, 5.41) is 0. The highest BCUT2D eigenvalue weighted by Gasteiger charge is 2.64. The highest BCUT2D eigenvalue weighted by atomic mass is 16.6. The lowest BCUT2D eigenvalue weighted by Gasteiger charge is -2.21. The second-order valence-electron chi connectivity index (χ2n) is 5.16. The summed E-state index contributed by atoms with van der Waals surface area (Å²) in [6.45, 7) is 4.24. The molecule has 0 N–H and O–H groups in total. The Kier molecular flexibility index (Phi) is 1.99. The van der Waals surface area contributed by atoms with Gasteiger partial charge in [-0.3, -0.25) is 4.79 Å². The van der Waals surface area contributed by atoms with E-state index in [1.54, 1.807) is 0 Å². The van der Waals surface area contributed by atoms with Crippen molar-refractivity contribution < 1.29 is 9.53 Å². The van der Waals surface area contributed by atoms with Crippen molar-refractivity contribution in [3.05, 3.63) is 35.4 Å². The molecule has 1 aliphatic carbocycles. The van der Waals surface area contributed by atoms with Gasteiger partial charge in [-0.05, 0) is 24.3 Å². The summed E-state index contributed by atoms with van der Waals surface area (Å²) < 4.78 is 5.73. The molecule has 1 aromatic carbocycles. The number of rotatable bonds is 1.